The van der Waals surface area contributed by atoms with Crippen LogP contribution in [-0.2, 0) is 4.79 Å². The molecule has 5 heteroatoms. The van der Waals surface area contributed by atoms with Crippen LogP contribution < -0.4 is 10.6 Å². The van der Waals surface area contributed by atoms with E-state index in [2.05, 4.69) is 24.5 Å². The van der Waals surface area contributed by atoms with Crippen molar-refractivity contribution in [2.75, 3.05) is 11.9 Å². The first-order valence-corrected chi connectivity index (χ1v) is 7.38. The molecule has 1 fully saturated rings. The minimum atomic E-state index is -0.964. The number of amides is 1. The van der Waals surface area contributed by atoms with Crippen LogP contribution in [0.3, 0.4) is 0 Å². The van der Waals surface area contributed by atoms with Crippen LogP contribution in [0.4, 0.5) is 14.5 Å². The first-order valence-electron chi connectivity index (χ1n) is 7.38. The lowest BCUT2D eigenvalue weighted by Crippen LogP contribution is -2.48. The summed E-state index contributed by atoms with van der Waals surface area (Å²) in [4.78, 5) is 11.9. The molecule has 0 spiro atoms. The van der Waals surface area contributed by atoms with Gasteiger partial charge in [0.2, 0.25) is 5.91 Å². The molecule has 1 aromatic carbocycles. The quantitative estimate of drug-likeness (QED) is 0.893. The maximum Gasteiger partial charge on any atom is 0.238 e. The van der Waals surface area contributed by atoms with E-state index in [0.29, 0.717) is 0 Å². The molecule has 0 bridgehead atoms. The van der Waals surface area contributed by atoms with Crippen molar-refractivity contribution in [3.8, 4) is 0 Å². The zero-order valence-electron chi connectivity index (χ0n) is 12.5. The van der Waals surface area contributed by atoms with Crippen LogP contribution in [0.25, 0.3) is 0 Å². The lowest BCUT2D eigenvalue weighted by molar-refractivity contribution is -0.115. The molecule has 0 saturated heterocycles. The number of rotatable bonds is 4. The normalized spacial score (nSPS) is 25.6. The number of anilines is 1. The van der Waals surface area contributed by atoms with Crippen LogP contribution in [0.5, 0.6) is 0 Å². The van der Waals surface area contributed by atoms with E-state index in [1.54, 1.807) is 0 Å². The minimum absolute atomic E-state index is 0.0160. The highest BCUT2D eigenvalue weighted by Crippen LogP contribution is 2.31. The fourth-order valence-corrected chi connectivity index (χ4v) is 2.65. The Labute approximate surface area is 124 Å². The van der Waals surface area contributed by atoms with Crippen molar-refractivity contribution in [2.45, 2.75) is 45.1 Å². The molecular weight excluding hydrogens is 274 g/mol. The highest BCUT2D eigenvalue weighted by molar-refractivity contribution is 5.92. The van der Waals surface area contributed by atoms with E-state index in [4.69, 9.17) is 0 Å². The van der Waals surface area contributed by atoms with Crippen molar-refractivity contribution in [1.82, 2.24) is 5.32 Å². The smallest absolute Gasteiger partial charge is 0.238 e. The Kier molecular flexibility index (Phi) is 4.93. The minimum Gasteiger partial charge on any atom is -0.325 e. The van der Waals surface area contributed by atoms with E-state index in [0.717, 1.165) is 43.7 Å². The molecule has 0 aromatic heterocycles. The van der Waals surface area contributed by atoms with Crippen LogP contribution in [0.2, 0.25) is 0 Å². The van der Waals surface area contributed by atoms with Crippen molar-refractivity contribution in [2.24, 2.45) is 5.92 Å². The van der Waals surface area contributed by atoms with Gasteiger partial charge >= 0.3 is 0 Å². The predicted molar refractivity (Wildman–Crippen MR) is 79.0 cm³/mol. The van der Waals surface area contributed by atoms with Crippen molar-refractivity contribution in [3.63, 3.8) is 0 Å². The van der Waals surface area contributed by atoms with Crippen LogP contribution in [-0.4, -0.2) is 18.0 Å². The third kappa shape index (κ3) is 4.49. The Morgan fingerprint density at radius 3 is 2.57 bits per heavy atom. The molecule has 1 amide bonds. The Balaban J connectivity index is 1.83. The van der Waals surface area contributed by atoms with E-state index in [9.17, 15) is 13.6 Å². The van der Waals surface area contributed by atoms with E-state index < -0.39 is 11.6 Å². The monoisotopic (exact) mass is 296 g/mol. The summed E-state index contributed by atoms with van der Waals surface area (Å²) in [5, 5.41) is 5.85. The standard InChI is InChI=1S/C16H22F2N2O/c1-11-5-7-16(2,8-6-11)19-10-15(21)20-12-3-4-13(17)14(18)9-12/h3-4,9,11,19H,5-8,10H2,1-2H3,(H,20,21). The molecule has 0 heterocycles. The van der Waals surface area contributed by atoms with Crippen molar-refractivity contribution in [3.05, 3.63) is 29.8 Å². The molecule has 0 atom stereocenters. The summed E-state index contributed by atoms with van der Waals surface area (Å²) < 4.78 is 25.9. The lowest BCUT2D eigenvalue weighted by atomic mass is 9.78. The van der Waals surface area contributed by atoms with Gasteiger partial charge in [0.25, 0.3) is 0 Å². The van der Waals surface area contributed by atoms with Crippen molar-refractivity contribution < 1.29 is 13.6 Å². The highest BCUT2D eigenvalue weighted by atomic mass is 19.2. The molecule has 116 valence electrons. The summed E-state index contributed by atoms with van der Waals surface area (Å²) in [6.45, 7) is 4.54. The van der Waals surface area contributed by atoms with E-state index in [-0.39, 0.29) is 23.7 Å². The zero-order valence-corrected chi connectivity index (χ0v) is 12.5. The van der Waals surface area contributed by atoms with Gasteiger partial charge in [-0.2, -0.15) is 0 Å². The number of carbonyl (C=O) groups is 1. The van der Waals surface area contributed by atoms with Crippen LogP contribution >= 0.6 is 0 Å². The molecule has 0 radical (unpaired) electrons. The summed E-state index contributed by atoms with van der Waals surface area (Å²) >= 11 is 0. The molecule has 3 nitrogen and oxygen atoms in total. The van der Waals surface area contributed by atoms with Gasteiger partial charge < -0.3 is 10.6 Å². The number of nitrogens with one attached hydrogen (secondary N) is 2. The number of hydrogen-bond acceptors (Lipinski definition) is 2. The van der Waals surface area contributed by atoms with E-state index in [1.807, 2.05) is 0 Å². The molecule has 0 unspecified atom stereocenters. The number of halogens is 2. The van der Waals surface area contributed by atoms with Crippen LogP contribution in [0.15, 0.2) is 18.2 Å². The van der Waals surface area contributed by atoms with Gasteiger partial charge in [0.05, 0.1) is 6.54 Å². The average molecular weight is 296 g/mol. The Morgan fingerprint density at radius 1 is 1.29 bits per heavy atom. The molecular formula is C16H22F2N2O. The number of carbonyl (C=O) groups excluding carboxylic acids is 1. The second kappa shape index (κ2) is 6.52. The Hall–Kier alpha value is -1.49. The zero-order chi connectivity index (χ0) is 15.5. The SMILES string of the molecule is CC1CCC(C)(NCC(=O)Nc2ccc(F)c(F)c2)CC1. The van der Waals surface area contributed by atoms with Crippen LogP contribution in [0.1, 0.15) is 39.5 Å². The maximum absolute atomic E-state index is 13.1. The molecule has 1 aromatic rings. The number of benzene rings is 1. The molecule has 2 rings (SSSR count). The van der Waals surface area contributed by atoms with Crippen LogP contribution in [0, 0.1) is 17.6 Å². The largest absolute Gasteiger partial charge is 0.325 e. The molecule has 1 aliphatic rings. The second-order valence-electron chi connectivity index (χ2n) is 6.27. The van der Waals surface area contributed by atoms with E-state index in [1.165, 1.54) is 6.07 Å². The number of hydrogen-bond donors (Lipinski definition) is 2. The molecule has 0 aliphatic heterocycles. The first-order chi connectivity index (χ1) is 9.88. The molecule has 1 aliphatic carbocycles. The third-order valence-corrected chi connectivity index (χ3v) is 4.26. The maximum atomic E-state index is 13.1. The van der Waals surface area contributed by atoms with Gasteiger partial charge in [-0.15, -0.1) is 0 Å². The summed E-state index contributed by atoms with van der Waals surface area (Å²) in [7, 11) is 0. The summed E-state index contributed by atoms with van der Waals surface area (Å²) in [6.07, 6.45) is 4.42. The Morgan fingerprint density at radius 2 is 1.95 bits per heavy atom. The van der Waals surface area contributed by atoms with Gasteiger partial charge in [0.15, 0.2) is 11.6 Å². The van der Waals surface area contributed by atoms with Gasteiger partial charge in [-0.25, -0.2) is 8.78 Å². The van der Waals surface area contributed by atoms with Crippen molar-refractivity contribution >= 4 is 11.6 Å². The fourth-order valence-electron chi connectivity index (χ4n) is 2.65. The fraction of sp³-hybridized carbons (Fsp3) is 0.562. The summed E-state index contributed by atoms with van der Waals surface area (Å²) in [5.74, 6) is -1.39. The second-order valence-corrected chi connectivity index (χ2v) is 6.27. The van der Waals surface area contributed by atoms with E-state index >= 15 is 0 Å². The first kappa shape index (κ1) is 15.9. The molecule has 21 heavy (non-hydrogen) atoms. The topological polar surface area (TPSA) is 41.1 Å². The highest BCUT2D eigenvalue weighted by Gasteiger charge is 2.29. The van der Waals surface area contributed by atoms with Gasteiger partial charge in [-0.3, -0.25) is 4.79 Å². The molecule has 1 saturated carbocycles. The Bertz CT molecular complexity index is 511. The third-order valence-electron chi connectivity index (χ3n) is 4.26. The molecule has 2 N–H and O–H groups in total. The van der Waals surface area contributed by atoms with Gasteiger partial charge in [-0.05, 0) is 50.7 Å². The van der Waals surface area contributed by atoms with Gasteiger partial charge in [0, 0.05) is 17.3 Å². The van der Waals surface area contributed by atoms with Gasteiger partial charge in [0.1, 0.15) is 0 Å². The average Bonchev–Trinajstić information content (AvgIpc) is 2.45. The predicted octanol–water partition coefficient (Wildman–Crippen LogP) is 3.46. The van der Waals surface area contributed by atoms with Gasteiger partial charge in [-0.1, -0.05) is 6.92 Å². The van der Waals surface area contributed by atoms with Crippen molar-refractivity contribution in [1.29, 1.82) is 0 Å². The lowest BCUT2D eigenvalue weighted by Gasteiger charge is -2.37. The summed E-state index contributed by atoms with van der Waals surface area (Å²) in [6, 6.07) is 3.33. The summed E-state index contributed by atoms with van der Waals surface area (Å²) in [5.41, 5.74) is 0.251.